The van der Waals surface area contributed by atoms with Crippen LogP contribution in [0.2, 0.25) is 0 Å². The lowest BCUT2D eigenvalue weighted by Crippen LogP contribution is -2.29. The first-order chi connectivity index (χ1) is 15.1. The molecule has 0 aliphatic heterocycles. The number of benzene rings is 2. The highest BCUT2D eigenvalue weighted by Gasteiger charge is 2.17. The molecule has 0 fully saturated rings. The first-order valence-corrected chi connectivity index (χ1v) is 12.7. The molecule has 2 aromatic carbocycles. The zero-order chi connectivity index (χ0) is 23.4. The highest BCUT2D eigenvalue weighted by Crippen LogP contribution is 2.20. The highest BCUT2D eigenvalue weighted by atomic mass is 32.2. The molecule has 0 radical (unpaired) electrons. The van der Waals surface area contributed by atoms with E-state index in [1.54, 1.807) is 25.1 Å². The van der Waals surface area contributed by atoms with Gasteiger partial charge >= 0.3 is 0 Å². The standard InChI is InChI=1S/C20H21N5O5S2/c1-3-25(31(2,27)28)17-9-5-15(6-10-17)19(26)23-16-7-11-18(12-8-16)32(29,30)24-20-21-13-4-14-22-20/h4-14H,3H2,1-2H3,(H,23,26)(H,21,22,24). The fourth-order valence-electron chi connectivity index (χ4n) is 2.84. The Kier molecular flexibility index (Phi) is 6.75. The van der Waals surface area contributed by atoms with Gasteiger partial charge in [0.2, 0.25) is 16.0 Å². The number of hydrogen-bond acceptors (Lipinski definition) is 7. The van der Waals surface area contributed by atoms with E-state index < -0.39 is 26.0 Å². The first-order valence-electron chi connectivity index (χ1n) is 9.39. The number of amides is 1. The van der Waals surface area contributed by atoms with E-state index in [9.17, 15) is 21.6 Å². The van der Waals surface area contributed by atoms with E-state index in [2.05, 4.69) is 20.0 Å². The van der Waals surface area contributed by atoms with Crippen molar-refractivity contribution in [2.24, 2.45) is 0 Å². The summed E-state index contributed by atoms with van der Waals surface area (Å²) in [7, 11) is -7.29. The van der Waals surface area contributed by atoms with Gasteiger partial charge in [-0.15, -0.1) is 0 Å². The second-order valence-corrected chi connectivity index (χ2v) is 10.2. The van der Waals surface area contributed by atoms with Crippen LogP contribution in [0.4, 0.5) is 17.3 Å². The van der Waals surface area contributed by atoms with Crippen molar-refractivity contribution in [1.29, 1.82) is 0 Å². The fourth-order valence-corrected chi connectivity index (χ4v) is 4.77. The number of aromatic nitrogens is 2. The molecule has 168 valence electrons. The maximum absolute atomic E-state index is 12.5. The molecular weight excluding hydrogens is 454 g/mol. The molecule has 0 atom stereocenters. The van der Waals surface area contributed by atoms with Gasteiger partial charge in [0.15, 0.2) is 0 Å². The third kappa shape index (κ3) is 5.59. The summed E-state index contributed by atoms with van der Waals surface area (Å²) in [6, 6.07) is 13.3. The molecule has 0 unspecified atom stereocenters. The molecule has 3 rings (SSSR count). The summed E-state index contributed by atoms with van der Waals surface area (Å²) in [5, 5.41) is 2.67. The van der Waals surface area contributed by atoms with Crippen LogP contribution in [0.15, 0.2) is 71.9 Å². The Morgan fingerprint density at radius 3 is 2.06 bits per heavy atom. The van der Waals surface area contributed by atoms with E-state index in [0.29, 0.717) is 16.9 Å². The predicted octanol–water partition coefficient (Wildman–Crippen LogP) is 2.32. The Morgan fingerprint density at radius 2 is 1.53 bits per heavy atom. The Bertz CT molecular complexity index is 1290. The first kappa shape index (κ1) is 23.2. The topological polar surface area (TPSA) is 138 Å². The third-order valence-corrected chi connectivity index (χ3v) is 6.93. The third-order valence-electron chi connectivity index (χ3n) is 4.32. The minimum Gasteiger partial charge on any atom is -0.322 e. The van der Waals surface area contributed by atoms with E-state index in [4.69, 9.17) is 0 Å². The van der Waals surface area contributed by atoms with Gasteiger partial charge in [0, 0.05) is 30.2 Å². The maximum Gasteiger partial charge on any atom is 0.264 e. The fraction of sp³-hybridized carbons (Fsp3) is 0.150. The monoisotopic (exact) mass is 475 g/mol. The number of nitrogens with one attached hydrogen (secondary N) is 2. The minimum absolute atomic E-state index is 0.0206. The largest absolute Gasteiger partial charge is 0.322 e. The number of carbonyl (C=O) groups is 1. The van der Waals surface area contributed by atoms with Crippen LogP contribution in [0.5, 0.6) is 0 Å². The lowest BCUT2D eigenvalue weighted by Gasteiger charge is -2.20. The number of anilines is 3. The van der Waals surface area contributed by atoms with E-state index in [0.717, 1.165) is 6.26 Å². The summed E-state index contributed by atoms with van der Waals surface area (Å²) in [6.45, 7) is 1.98. The summed E-state index contributed by atoms with van der Waals surface area (Å²) in [5.74, 6) is -0.476. The molecule has 1 heterocycles. The average molecular weight is 476 g/mol. The van der Waals surface area contributed by atoms with Gasteiger partial charge in [-0.1, -0.05) is 0 Å². The summed E-state index contributed by atoms with van der Waals surface area (Å²) in [5.41, 5.74) is 1.16. The quantitative estimate of drug-likeness (QED) is 0.510. The van der Waals surface area contributed by atoms with Crippen molar-refractivity contribution in [3.63, 3.8) is 0 Å². The van der Waals surface area contributed by atoms with E-state index in [1.807, 2.05) is 0 Å². The van der Waals surface area contributed by atoms with Gasteiger partial charge in [-0.25, -0.2) is 31.5 Å². The molecule has 0 saturated heterocycles. The van der Waals surface area contributed by atoms with Crippen LogP contribution in [0.1, 0.15) is 17.3 Å². The zero-order valence-electron chi connectivity index (χ0n) is 17.3. The van der Waals surface area contributed by atoms with Crippen molar-refractivity contribution in [2.75, 3.05) is 27.1 Å². The van der Waals surface area contributed by atoms with Crippen LogP contribution in [0.3, 0.4) is 0 Å². The molecule has 3 aromatic rings. The van der Waals surface area contributed by atoms with E-state index in [1.165, 1.54) is 53.1 Å². The SMILES string of the molecule is CCN(c1ccc(C(=O)Nc2ccc(S(=O)(=O)Nc3ncccn3)cc2)cc1)S(C)(=O)=O. The number of nitrogens with zero attached hydrogens (tertiary/aromatic N) is 3. The second-order valence-electron chi connectivity index (χ2n) is 6.63. The van der Waals surface area contributed by atoms with Crippen LogP contribution < -0.4 is 14.3 Å². The van der Waals surface area contributed by atoms with E-state index in [-0.39, 0.29) is 17.4 Å². The molecule has 2 N–H and O–H groups in total. The minimum atomic E-state index is -3.88. The van der Waals surface area contributed by atoms with Gasteiger partial charge in [0.1, 0.15) is 0 Å². The smallest absolute Gasteiger partial charge is 0.264 e. The Hall–Kier alpha value is -3.51. The van der Waals surface area contributed by atoms with Gasteiger partial charge in [0.05, 0.1) is 16.8 Å². The lowest BCUT2D eigenvalue weighted by atomic mass is 10.2. The van der Waals surface area contributed by atoms with Crippen LogP contribution in [0, 0.1) is 0 Å². The second kappa shape index (κ2) is 9.32. The molecule has 1 amide bonds. The molecule has 12 heteroatoms. The Balaban J connectivity index is 1.69. The normalized spacial score (nSPS) is 11.6. The van der Waals surface area contributed by atoms with Gasteiger partial charge < -0.3 is 5.32 Å². The van der Waals surface area contributed by atoms with Crippen molar-refractivity contribution in [3.8, 4) is 0 Å². The van der Waals surface area contributed by atoms with Crippen molar-refractivity contribution in [1.82, 2.24) is 9.97 Å². The van der Waals surface area contributed by atoms with Crippen molar-refractivity contribution in [2.45, 2.75) is 11.8 Å². The summed E-state index contributed by atoms with van der Waals surface area (Å²) < 4.78 is 51.9. The summed E-state index contributed by atoms with van der Waals surface area (Å²) >= 11 is 0. The van der Waals surface area contributed by atoms with Gasteiger partial charge in [-0.3, -0.25) is 9.10 Å². The molecular formula is C20H21N5O5S2. The number of rotatable bonds is 8. The van der Waals surface area contributed by atoms with Crippen LogP contribution in [-0.4, -0.2) is 45.5 Å². The molecule has 0 bridgehead atoms. The molecule has 0 aliphatic rings. The number of hydrogen-bond donors (Lipinski definition) is 2. The molecule has 0 saturated carbocycles. The summed E-state index contributed by atoms with van der Waals surface area (Å²) in [4.78, 5) is 20.1. The Morgan fingerprint density at radius 1 is 0.938 bits per heavy atom. The van der Waals surface area contributed by atoms with Gasteiger partial charge in [0.25, 0.3) is 15.9 Å². The highest BCUT2D eigenvalue weighted by molar-refractivity contribution is 7.92. The van der Waals surface area contributed by atoms with Crippen molar-refractivity contribution in [3.05, 3.63) is 72.6 Å². The molecule has 0 spiro atoms. The molecule has 0 aliphatic carbocycles. The van der Waals surface area contributed by atoms with Crippen LogP contribution in [-0.2, 0) is 20.0 Å². The maximum atomic E-state index is 12.5. The summed E-state index contributed by atoms with van der Waals surface area (Å²) in [6.07, 6.45) is 3.94. The predicted molar refractivity (Wildman–Crippen MR) is 122 cm³/mol. The van der Waals surface area contributed by atoms with Crippen LogP contribution >= 0.6 is 0 Å². The van der Waals surface area contributed by atoms with Crippen molar-refractivity contribution < 1.29 is 21.6 Å². The molecule has 10 nitrogen and oxygen atoms in total. The average Bonchev–Trinajstić information content (AvgIpc) is 2.74. The number of sulfonamides is 2. The molecule has 1 aromatic heterocycles. The lowest BCUT2D eigenvalue weighted by molar-refractivity contribution is 0.102. The van der Waals surface area contributed by atoms with Gasteiger partial charge in [-0.2, -0.15) is 0 Å². The van der Waals surface area contributed by atoms with Crippen molar-refractivity contribution >= 4 is 43.3 Å². The Labute approximate surface area is 186 Å². The number of carbonyl (C=O) groups excluding carboxylic acids is 1. The van der Waals surface area contributed by atoms with Crippen LogP contribution in [0.25, 0.3) is 0 Å². The zero-order valence-corrected chi connectivity index (χ0v) is 18.9. The van der Waals surface area contributed by atoms with E-state index >= 15 is 0 Å². The van der Waals surface area contributed by atoms with Gasteiger partial charge in [-0.05, 0) is 61.5 Å². The molecule has 32 heavy (non-hydrogen) atoms.